The van der Waals surface area contributed by atoms with Crippen molar-refractivity contribution < 1.29 is 4.74 Å². The number of aromatic nitrogens is 1. The molecule has 2 aromatic carbocycles. The third-order valence-corrected chi connectivity index (χ3v) is 6.87. The number of terminal acetylenes is 1. The number of rotatable bonds is 10. The number of aryl methyl sites for hydroxylation is 1. The number of ether oxygens (including phenoxy) is 1. The van der Waals surface area contributed by atoms with Crippen LogP contribution in [0.5, 0.6) is 5.75 Å². The monoisotopic (exact) mass is 479 g/mol. The van der Waals surface area contributed by atoms with E-state index < -0.39 is 0 Å². The van der Waals surface area contributed by atoms with E-state index in [-0.39, 0.29) is 12.4 Å². The molecule has 1 aromatic heterocycles. The predicted octanol–water partition coefficient (Wildman–Crippen LogP) is 5.39. The van der Waals surface area contributed by atoms with Crippen LogP contribution < -0.4 is 4.74 Å². The van der Waals surface area contributed by atoms with Crippen molar-refractivity contribution in [2.45, 2.75) is 32.2 Å². The number of hydrogen-bond acceptors (Lipinski definition) is 3. The van der Waals surface area contributed by atoms with E-state index in [2.05, 4.69) is 89.0 Å². The summed E-state index contributed by atoms with van der Waals surface area (Å²) in [7, 11) is 4.17. The van der Waals surface area contributed by atoms with Gasteiger partial charge in [0, 0.05) is 36.7 Å². The molecule has 4 rings (SSSR count). The van der Waals surface area contributed by atoms with E-state index in [4.69, 9.17) is 11.2 Å². The van der Waals surface area contributed by atoms with E-state index in [0.29, 0.717) is 6.54 Å². The summed E-state index contributed by atoms with van der Waals surface area (Å²) in [4.78, 5) is 4.75. The molecule has 0 unspecified atom stereocenters. The van der Waals surface area contributed by atoms with E-state index in [1.54, 1.807) is 0 Å². The lowest BCUT2D eigenvalue weighted by molar-refractivity contribution is 0.170. The van der Waals surface area contributed by atoms with E-state index in [0.717, 1.165) is 37.8 Å². The first-order valence-corrected chi connectivity index (χ1v) is 12.2. The zero-order valence-corrected chi connectivity index (χ0v) is 21.4. The van der Waals surface area contributed by atoms with Gasteiger partial charge in [-0.25, -0.2) is 0 Å². The second-order valence-electron chi connectivity index (χ2n) is 9.47. The van der Waals surface area contributed by atoms with Gasteiger partial charge in [0.15, 0.2) is 0 Å². The van der Waals surface area contributed by atoms with Crippen molar-refractivity contribution >= 4 is 23.3 Å². The second-order valence-corrected chi connectivity index (χ2v) is 9.47. The Morgan fingerprint density at radius 3 is 2.59 bits per heavy atom. The van der Waals surface area contributed by atoms with Gasteiger partial charge in [-0.3, -0.25) is 4.90 Å². The minimum atomic E-state index is 0. The molecule has 0 amide bonds. The fourth-order valence-corrected chi connectivity index (χ4v) is 4.95. The van der Waals surface area contributed by atoms with Gasteiger partial charge in [-0.2, -0.15) is 0 Å². The highest BCUT2D eigenvalue weighted by molar-refractivity contribution is 5.85. The molecule has 1 aliphatic heterocycles. The first kappa shape index (κ1) is 26.2. The van der Waals surface area contributed by atoms with Gasteiger partial charge >= 0.3 is 0 Å². The normalized spacial score (nSPS) is 14.8. The molecular weight excluding hydrogens is 442 g/mol. The van der Waals surface area contributed by atoms with E-state index in [1.165, 1.54) is 54.5 Å². The summed E-state index contributed by atoms with van der Waals surface area (Å²) in [6, 6.07) is 19.6. The minimum Gasteiger partial charge on any atom is -0.494 e. The molecule has 1 saturated heterocycles. The highest BCUT2D eigenvalue weighted by Gasteiger charge is 2.19. The van der Waals surface area contributed by atoms with Crippen LogP contribution in [0, 0.1) is 18.3 Å². The predicted molar refractivity (Wildman–Crippen MR) is 145 cm³/mol. The maximum Gasteiger partial charge on any atom is 0.120 e. The van der Waals surface area contributed by atoms with Crippen LogP contribution in [0.3, 0.4) is 0 Å². The molecule has 1 aliphatic rings. The largest absolute Gasteiger partial charge is 0.494 e. The molecule has 3 aromatic rings. The standard InChI is InChI=1S/C29H37N3O.ClH/c1-4-15-30(2)23-27-21-26-22-28(11-12-29(26)31(27)3)33-19-8-16-32-17-13-25(14-18-32)20-24-9-6-5-7-10-24;/h1,5-7,9-12,21-22,25H,8,13-20,23H2,2-3H3;1H. The lowest BCUT2D eigenvalue weighted by Crippen LogP contribution is -2.35. The molecule has 1 fully saturated rings. The Kier molecular flexibility index (Phi) is 9.89. The van der Waals surface area contributed by atoms with Crippen molar-refractivity contribution in [2.24, 2.45) is 13.0 Å². The highest BCUT2D eigenvalue weighted by atomic mass is 35.5. The van der Waals surface area contributed by atoms with E-state index in [9.17, 15) is 0 Å². The van der Waals surface area contributed by atoms with Crippen molar-refractivity contribution in [1.82, 2.24) is 14.4 Å². The van der Waals surface area contributed by atoms with E-state index in [1.807, 2.05) is 0 Å². The molecule has 0 aliphatic carbocycles. The summed E-state index contributed by atoms with van der Waals surface area (Å²) in [5.41, 5.74) is 3.96. The van der Waals surface area contributed by atoms with Gasteiger partial charge < -0.3 is 14.2 Å². The average molecular weight is 480 g/mol. The molecular formula is C29H38ClN3O. The lowest BCUT2D eigenvalue weighted by Gasteiger charge is -2.32. The van der Waals surface area contributed by atoms with Crippen LogP contribution in [0.1, 0.15) is 30.5 Å². The Balaban J connectivity index is 0.00000324. The zero-order valence-electron chi connectivity index (χ0n) is 20.6. The van der Waals surface area contributed by atoms with Crippen molar-refractivity contribution in [3.8, 4) is 18.1 Å². The van der Waals surface area contributed by atoms with Gasteiger partial charge in [-0.1, -0.05) is 36.3 Å². The molecule has 34 heavy (non-hydrogen) atoms. The van der Waals surface area contributed by atoms with Crippen molar-refractivity contribution in [1.29, 1.82) is 0 Å². The van der Waals surface area contributed by atoms with Crippen LogP contribution in [0.2, 0.25) is 0 Å². The molecule has 0 radical (unpaired) electrons. The Labute approximate surface area is 211 Å². The molecule has 5 heteroatoms. The van der Waals surface area contributed by atoms with Gasteiger partial charge in [0.1, 0.15) is 5.75 Å². The average Bonchev–Trinajstić information content (AvgIpc) is 3.13. The van der Waals surface area contributed by atoms with Crippen LogP contribution >= 0.6 is 12.4 Å². The highest BCUT2D eigenvalue weighted by Crippen LogP contribution is 2.25. The second kappa shape index (κ2) is 12.9. The maximum absolute atomic E-state index is 6.10. The number of piperidine rings is 1. The van der Waals surface area contributed by atoms with Gasteiger partial charge in [0.05, 0.1) is 13.2 Å². The summed E-state index contributed by atoms with van der Waals surface area (Å²) in [6.07, 6.45) is 10.3. The Morgan fingerprint density at radius 1 is 1.09 bits per heavy atom. The molecule has 0 N–H and O–H groups in total. The minimum absolute atomic E-state index is 0. The molecule has 4 nitrogen and oxygen atoms in total. The van der Waals surface area contributed by atoms with Gasteiger partial charge in [0.25, 0.3) is 0 Å². The summed E-state index contributed by atoms with van der Waals surface area (Å²) >= 11 is 0. The van der Waals surface area contributed by atoms with Crippen molar-refractivity contribution in [3.05, 3.63) is 65.9 Å². The fourth-order valence-electron chi connectivity index (χ4n) is 4.95. The first-order valence-electron chi connectivity index (χ1n) is 12.2. The topological polar surface area (TPSA) is 20.6 Å². The van der Waals surface area contributed by atoms with Crippen LogP contribution in [-0.4, -0.2) is 54.2 Å². The third kappa shape index (κ3) is 7.03. The molecule has 0 atom stereocenters. The molecule has 0 spiro atoms. The number of halogens is 1. The van der Waals surface area contributed by atoms with Crippen molar-refractivity contribution in [2.75, 3.05) is 39.8 Å². The number of nitrogens with zero attached hydrogens (tertiary/aromatic N) is 3. The molecule has 2 heterocycles. The smallest absolute Gasteiger partial charge is 0.120 e. The lowest BCUT2D eigenvalue weighted by atomic mass is 9.90. The van der Waals surface area contributed by atoms with Crippen LogP contribution in [0.25, 0.3) is 10.9 Å². The Hall–Kier alpha value is -2.45. The van der Waals surface area contributed by atoms with Gasteiger partial charge in [-0.15, -0.1) is 18.8 Å². The summed E-state index contributed by atoms with van der Waals surface area (Å²) in [5.74, 6) is 4.49. The molecule has 0 saturated carbocycles. The molecule has 182 valence electrons. The Morgan fingerprint density at radius 2 is 1.85 bits per heavy atom. The Bertz CT molecular complexity index is 1060. The van der Waals surface area contributed by atoms with Gasteiger partial charge in [0.2, 0.25) is 0 Å². The first-order chi connectivity index (χ1) is 16.1. The summed E-state index contributed by atoms with van der Waals surface area (Å²) in [5, 5.41) is 1.22. The fraction of sp³-hybridized carbons (Fsp3) is 0.448. The van der Waals surface area contributed by atoms with Gasteiger partial charge in [-0.05, 0) is 81.6 Å². The van der Waals surface area contributed by atoms with Crippen LogP contribution in [-0.2, 0) is 20.0 Å². The number of likely N-dealkylation sites (tertiary alicyclic amines) is 1. The van der Waals surface area contributed by atoms with Crippen molar-refractivity contribution in [3.63, 3.8) is 0 Å². The SMILES string of the molecule is C#CCN(C)Cc1cc2cc(OCCCN3CCC(Cc4ccccc4)CC3)ccc2n1C.Cl. The van der Waals surface area contributed by atoms with Crippen LogP contribution in [0.4, 0.5) is 0 Å². The summed E-state index contributed by atoms with van der Waals surface area (Å²) < 4.78 is 8.34. The van der Waals surface area contributed by atoms with E-state index >= 15 is 0 Å². The summed E-state index contributed by atoms with van der Waals surface area (Å²) in [6.45, 7) is 5.81. The number of hydrogen-bond donors (Lipinski definition) is 0. The third-order valence-electron chi connectivity index (χ3n) is 6.87. The quantitative estimate of drug-likeness (QED) is 0.287. The molecule has 0 bridgehead atoms. The number of benzene rings is 2. The maximum atomic E-state index is 6.10. The zero-order chi connectivity index (χ0) is 23.0. The number of fused-ring (bicyclic) bond motifs is 1. The van der Waals surface area contributed by atoms with Crippen LogP contribution in [0.15, 0.2) is 54.6 Å².